The molecule has 0 bridgehead atoms. The quantitative estimate of drug-likeness (QED) is 0.428. The minimum Gasteiger partial charge on any atom is -0.374 e. The number of halogens is 6. The van der Waals surface area contributed by atoms with Gasteiger partial charge >= 0.3 is 6.18 Å². The molecule has 1 atom stereocenters. The fourth-order valence-electron chi connectivity index (χ4n) is 3.59. The summed E-state index contributed by atoms with van der Waals surface area (Å²) in [6.45, 7) is 1.46. The molecule has 160 valence electrons. The van der Waals surface area contributed by atoms with Gasteiger partial charge in [-0.3, -0.25) is 4.90 Å². The van der Waals surface area contributed by atoms with E-state index in [2.05, 4.69) is 5.16 Å². The van der Waals surface area contributed by atoms with E-state index in [1.165, 1.54) is 0 Å². The molecule has 1 unspecified atom stereocenters. The lowest BCUT2D eigenvalue weighted by Gasteiger charge is -2.29. The summed E-state index contributed by atoms with van der Waals surface area (Å²) in [5.74, 6) is -0.990. The van der Waals surface area contributed by atoms with Gasteiger partial charge in [0.25, 0.3) is 5.60 Å². The Labute approximate surface area is 180 Å². The highest BCUT2D eigenvalue weighted by Crippen LogP contribution is 2.50. The van der Waals surface area contributed by atoms with Gasteiger partial charge in [0.1, 0.15) is 0 Å². The van der Waals surface area contributed by atoms with Crippen molar-refractivity contribution in [2.45, 2.75) is 31.3 Å². The lowest BCUT2D eigenvalue weighted by molar-refractivity contribution is -0.275. The van der Waals surface area contributed by atoms with Crippen molar-refractivity contribution in [3.63, 3.8) is 0 Å². The Hall–Kier alpha value is -1.87. The van der Waals surface area contributed by atoms with Gasteiger partial charge in [-0.25, -0.2) is 4.39 Å². The molecule has 2 aliphatic heterocycles. The third kappa shape index (κ3) is 3.66. The van der Waals surface area contributed by atoms with Gasteiger partial charge < -0.3 is 9.57 Å². The Balaban J connectivity index is 1.71. The van der Waals surface area contributed by atoms with Crippen LogP contribution < -0.4 is 0 Å². The van der Waals surface area contributed by atoms with Gasteiger partial charge in [0.2, 0.25) is 0 Å². The average molecular weight is 463 g/mol. The summed E-state index contributed by atoms with van der Waals surface area (Å²) in [4.78, 5) is 6.94. The minimum atomic E-state index is -4.84. The predicted molar refractivity (Wildman–Crippen MR) is 104 cm³/mol. The molecule has 0 aromatic heterocycles. The molecule has 0 fully saturated rings. The largest absolute Gasteiger partial charge is 0.435 e. The molecule has 0 N–H and O–H groups in total. The number of hydrogen-bond acceptors (Lipinski definition) is 4. The van der Waals surface area contributed by atoms with Crippen LogP contribution in [0.25, 0.3) is 0 Å². The van der Waals surface area contributed by atoms with Crippen LogP contribution in [0, 0.1) is 5.82 Å². The van der Waals surface area contributed by atoms with Crippen LogP contribution in [0.4, 0.5) is 17.6 Å². The number of fused-ring (bicyclic) bond motifs is 1. The molecule has 0 amide bonds. The van der Waals surface area contributed by atoms with E-state index in [-0.39, 0.29) is 5.71 Å². The molecule has 2 heterocycles. The zero-order valence-corrected chi connectivity index (χ0v) is 17.2. The van der Waals surface area contributed by atoms with Gasteiger partial charge in [-0.1, -0.05) is 40.5 Å². The van der Waals surface area contributed by atoms with E-state index in [4.69, 9.17) is 32.8 Å². The average Bonchev–Trinajstić information content (AvgIpc) is 3.05. The summed E-state index contributed by atoms with van der Waals surface area (Å²) in [5.41, 5.74) is -0.688. The summed E-state index contributed by atoms with van der Waals surface area (Å²) >= 11 is 11.5. The van der Waals surface area contributed by atoms with E-state index in [0.29, 0.717) is 25.4 Å². The Morgan fingerprint density at radius 3 is 2.47 bits per heavy atom. The van der Waals surface area contributed by atoms with Gasteiger partial charge in [0, 0.05) is 18.5 Å². The topological polar surface area (TPSA) is 34.1 Å². The maximum absolute atomic E-state index is 14.1. The van der Waals surface area contributed by atoms with Gasteiger partial charge in [0.15, 0.2) is 5.82 Å². The molecule has 10 heteroatoms. The van der Waals surface area contributed by atoms with Crippen molar-refractivity contribution in [1.82, 2.24) is 4.90 Å². The fraction of sp³-hybridized carbons (Fsp3) is 0.350. The van der Waals surface area contributed by atoms with E-state index in [9.17, 15) is 17.6 Å². The molecule has 4 rings (SSSR count). The molecule has 2 aromatic carbocycles. The zero-order valence-electron chi connectivity index (χ0n) is 15.7. The second-order valence-electron chi connectivity index (χ2n) is 7.36. The van der Waals surface area contributed by atoms with Crippen molar-refractivity contribution in [1.29, 1.82) is 0 Å². The molecule has 2 aliphatic rings. The van der Waals surface area contributed by atoms with Crippen molar-refractivity contribution in [2.75, 3.05) is 13.8 Å². The van der Waals surface area contributed by atoms with E-state index < -0.39 is 39.6 Å². The van der Waals surface area contributed by atoms with E-state index >= 15 is 0 Å². The number of hydrogen-bond donors (Lipinski definition) is 0. The first-order valence-corrected chi connectivity index (χ1v) is 9.71. The lowest BCUT2D eigenvalue weighted by atomic mass is 9.86. The summed E-state index contributed by atoms with van der Waals surface area (Å²) in [7, 11) is 1.88. The number of alkyl halides is 3. The molecule has 4 nitrogen and oxygen atoms in total. The van der Waals surface area contributed by atoms with Crippen molar-refractivity contribution >= 4 is 28.9 Å². The van der Waals surface area contributed by atoms with Crippen LogP contribution in [-0.4, -0.2) is 30.6 Å². The van der Waals surface area contributed by atoms with Gasteiger partial charge in [-0.15, -0.1) is 0 Å². The molecule has 0 radical (unpaired) electrons. The first-order chi connectivity index (χ1) is 14.1. The molecular weight excluding hydrogens is 447 g/mol. The molecule has 0 saturated carbocycles. The molecular formula is C20H16Cl2F4N2O2. The van der Waals surface area contributed by atoms with Crippen LogP contribution in [0.2, 0.25) is 10.0 Å². The lowest BCUT2D eigenvalue weighted by Crippen LogP contribution is -2.42. The molecule has 2 aromatic rings. The summed E-state index contributed by atoms with van der Waals surface area (Å²) in [5, 5.41) is 2.70. The highest BCUT2D eigenvalue weighted by atomic mass is 35.5. The first-order valence-electron chi connectivity index (χ1n) is 8.96. The summed E-state index contributed by atoms with van der Waals surface area (Å²) in [6.07, 6.45) is -5.44. The van der Waals surface area contributed by atoms with Crippen LogP contribution in [0.5, 0.6) is 0 Å². The third-order valence-corrected chi connectivity index (χ3v) is 5.74. The zero-order chi connectivity index (χ0) is 21.7. The van der Waals surface area contributed by atoms with Crippen LogP contribution in [0.1, 0.15) is 28.7 Å². The number of ether oxygens (including phenoxy) is 1. The van der Waals surface area contributed by atoms with Crippen LogP contribution in [0.15, 0.2) is 35.5 Å². The second kappa shape index (κ2) is 7.67. The standard InChI is InChI=1S/C20H16Cl2F4N2O2/c1-28-8-13-4-11(2-3-12(13)9-29-10-28)17-7-19(30-27-17,20(24,25)26)14-5-15(21)18(23)16(22)6-14/h2-6H,7-10H2,1H3. The Morgan fingerprint density at radius 2 is 1.80 bits per heavy atom. The highest BCUT2D eigenvalue weighted by molar-refractivity contribution is 6.35. The van der Waals surface area contributed by atoms with Crippen LogP contribution in [0.3, 0.4) is 0 Å². The van der Waals surface area contributed by atoms with E-state index in [0.717, 1.165) is 23.3 Å². The predicted octanol–water partition coefficient (Wildman–Crippen LogP) is 5.63. The Morgan fingerprint density at radius 1 is 1.10 bits per heavy atom. The normalized spacial score (nSPS) is 22.3. The SMILES string of the molecule is CN1COCc2ccc(C3=NOC(c4cc(Cl)c(F)c(Cl)c4)(C(F)(F)F)C3)cc2C1. The maximum atomic E-state index is 14.1. The molecule has 0 saturated heterocycles. The van der Waals surface area contributed by atoms with Crippen LogP contribution in [-0.2, 0) is 28.3 Å². The van der Waals surface area contributed by atoms with Crippen molar-refractivity contribution in [3.8, 4) is 0 Å². The number of nitrogens with zero attached hydrogens (tertiary/aromatic N) is 2. The smallest absolute Gasteiger partial charge is 0.374 e. The number of rotatable bonds is 2. The van der Waals surface area contributed by atoms with Crippen molar-refractivity contribution in [3.05, 3.63) is 68.4 Å². The van der Waals surface area contributed by atoms with Crippen molar-refractivity contribution in [2.24, 2.45) is 5.16 Å². The second-order valence-corrected chi connectivity index (χ2v) is 8.17. The highest BCUT2D eigenvalue weighted by Gasteiger charge is 2.62. The van der Waals surface area contributed by atoms with Crippen LogP contribution >= 0.6 is 23.2 Å². The Bertz CT molecular complexity index is 1010. The fourth-order valence-corrected chi connectivity index (χ4v) is 4.08. The number of oxime groups is 1. The minimum absolute atomic E-state index is 0.125. The van der Waals surface area contributed by atoms with Gasteiger partial charge in [-0.2, -0.15) is 13.2 Å². The van der Waals surface area contributed by atoms with E-state index in [1.54, 1.807) is 12.1 Å². The van der Waals surface area contributed by atoms with Gasteiger partial charge in [0.05, 0.1) is 29.1 Å². The summed E-state index contributed by atoms with van der Waals surface area (Å²) < 4.78 is 61.7. The molecule has 30 heavy (non-hydrogen) atoms. The number of benzene rings is 2. The monoisotopic (exact) mass is 462 g/mol. The third-order valence-electron chi connectivity index (χ3n) is 5.19. The van der Waals surface area contributed by atoms with Crippen molar-refractivity contribution < 1.29 is 27.1 Å². The maximum Gasteiger partial charge on any atom is 0.435 e. The van der Waals surface area contributed by atoms with Gasteiger partial charge in [-0.05, 0) is 41.9 Å². The molecule has 0 spiro atoms. The molecule has 0 aliphatic carbocycles. The van der Waals surface area contributed by atoms with E-state index in [1.807, 2.05) is 18.0 Å². The summed E-state index contributed by atoms with van der Waals surface area (Å²) in [6, 6.07) is 7.04. The Kier molecular flexibility index (Phi) is 5.47. The first kappa shape index (κ1) is 21.4.